The molecule has 0 fully saturated rings. The van der Waals surface area contributed by atoms with Crippen LogP contribution in [0.2, 0.25) is 0 Å². The van der Waals surface area contributed by atoms with Crippen molar-refractivity contribution in [1.82, 2.24) is 19.9 Å². The second kappa shape index (κ2) is 6.00. The fourth-order valence-corrected chi connectivity index (χ4v) is 1.55. The van der Waals surface area contributed by atoms with Gasteiger partial charge in [-0.25, -0.2) is 4.98 Å². The van der Waals surface area contributed by atoms with Gasteiger partial charge in [0.1, 0.15) is 11.5 Å². The molecule has 2 aromatic rings. The number of pyridine rings is 1. The summed E-state index contributed by atoms with van der Waals surface area (Å²) in [5.41, 5.74) is 4.53. The van der Waals surface area contributed by atoms with Crippen molar-refractivity contribution in [2.45, 2.75) is 26.1 Å². The number of rotatable bonds is 4. The fourth-order valence-electron chi connectivity index (χ4n) is 1.55. The van der Waals surface area contributed by atoms with E-state index < -0.39 is 11.9 Å². The van der Waals surface area contributed by atoms with Crippen molar-refractivity contribution in [1.29, 1.82) is 0 Å². The highest BCUT2D eigenvalue weighted by Gasteiger charge is 2.32. The van der Waals surface area contributed by atoms with Crippen LogP contribution in [0.1, 0.15) is 19.5 Å². The predicted molar refractivity (Wildman–Crippen MR) is 75.5 cm³/mol. The maximum absolute atomic E-state index is 12.6. The van der Waals surface area contributed by atoms with E-state index in [4.69, 9.17) is 5.73 Å². The van der Waals surface area contributed by atoms with E-state index in [1.165, 1.54) is 12.1 Å². The van der Waals surface area contributed by atoms with Crippen LogP contribution < -0.4 is 16.4 Å². The molecule has 0 aliphatic carbocycles. The van der Waals surface area contributed by atoms with Gasteiger partial charge in [-0.15, -0.1) is 0 Å². The summed E-state index contributed by atoms with van der Waals surface area (Å²) in [6.07, 6.45) is -4.53. The van der Waals surface area contributed by atoms with E-state index in [9.17, 15) is 13.2 Å². The number of hydrogen-bond donors (Lipinski definition) is 3. The number of alkyl halides is 3. The van der Waals surface area contributed by atoms with E-state index >= 15 is 0 Å². The van der Waals surface area contributed by atoms with E-state index in [2.05, 4.69) is 30.6 Å². The Balaban J connectivity index is 2.25. The topological polar surface area (TPSA) is 102 Å². The second-order valence-electron chi connectivity index (χ2n) is 4.67. The number of anilines is 4. The number of nitrogens with two attached hydrogens (primary N) is 1. The number of hydrogen-bond acceptors (Lipinski definition) is 7. The van der Waals surface area contributed by atoms with Crippen molar-refractivity contribution in [2.75, 3.05) is 16.4 Å². The molecule has 10 heteroatoms. The van der Waals surface area contributed by atoms with Crippen molar-refractivity contribution < 1.29 is 13.2 Å². The van der Waals surface area contributed by atoms with Crippen LogP contribution in [-0.4, -0.2) is 26.0 Å². The minimum absolute atomic E-state index is 0.00229. The molecule has 0 aromatic carbocycles. The van der Waals surface area contributed by atoms with Gasteiger partial charge in [-0.3, -0.25) is 0 Å². The van der Waals surface area contributed by atoms with Gasteiger partial charge in [0.2, 0.25) is 17.8 Å². The standard InChI is InChI=1S/C12H14F3N7/c1-6(2)17-10-20-9(16)21-11(22-10)19-8-5-3-4-7(18-8)12(13,14)15/h3-6H,1-2H3,(H4,16,17,18,19,20,21,22). The van der Waals surface area contributed by atoms with Crippen molar-refractivity contribution in [3.8, 4) is 0 Å². The molecule has 2 heterocycles. The number of halogens is 3. The zero-order valence-corrected chi connectivity index (χ0v) is 11.8. The molecule has 118 valence electrons. The SMILES string of the molecule is CC(C)Nc1nc(N)nc(Nc2cccc(C(F)(F)F)n2)n1. The van der Waals surface area contributed by atoms with Gasteiger partial charge in [-0.1, -0.05) is 6.07 Å². The molecule has 0 aliphatic rings. The van der Waals surface area contributed by atoms with Crippen LogP contribution in [0.5, 0.6) is 0 Å². The second-order valence-corrected chi connectivity index (χ2v) is 4.67. The molecule has 0 atom stereocenters. The van der Waals surface area contributed by atoms with Crippen LogP contribution in [0.15, 0.2) is 18.2 Å². The molecular formula is C12H14F3N7. The van der Waals surface area contributed by atoms with Gasteiger partial charge in [0, 0.05) is 6.04 Å². The molecular weight excluding hydrogens is 299 g/mol. The predicted octanol–water partition coefficient (Wildman–Crippen LogP) is 2.43. The molecule has 2 aromatic heterocycles. The molecule has 22 heavy (non-hydrogen) atoms. The van der Waals surface area contributed by atoms with Gasteiger partial charge >= 0.3 is 6.18 Å². The minimum Gasteiger partial charge on any atom is -0.368 e. The zero-order chi connectivity index (χ0) is 16.3. The highest BCUT2D eigenvalue weighted by molar-refractivity contribution is 5.51. The average molecular weight is 313 g/mol. The van der Waals surface area contributed by atoms with E-state index in [-0.39, 0.29) is 29.7 Å². The first kappa shape index (κ1) is 15.7. The Morgan fingerprint density at radius 2 is 1.73 bits per heavy atom. The first-order chi connectivity index (χ1) is 10.2. The van der Waals surface area contributed by atoms with Crippen LogP contribution in [-0.2, 0) is 6.18 Å². The summed E-state index contributed by atoms with van der Waals surface area (Å²) in [5.74, 6) is 0.114. The lowest BCUT2D eigenvalue weighted by Crippen LogP contribution is -2.15. The maximum Gasteiger partial charge on any atom is 0.433 e. The summed E-state index contributed by atoms with van der Waals surface area (Å²) >= 11 is 0. The fraction of sp³-hybridized carbons (Fsp3) is 0.333. The molecule has 0 saturated carbocycles. The van der Waals surface area contributed by atoms with Gasteiger partial charge in [0.25, 0.3) is 0 Å². The van der Waals surface area contributed by atoms with Gasteiger partial charge in [-0.05, 0) is 26.0 Å². The minimum atomic E-state index is -4.53. The number of aromatic nitrogens is 4. The summed E-state index contributed by atoms with van der Waals surface area (Å²) in [6, 6.07) is 3.53. The van der Waals surface area contributed by atoms with E-state index in [1.807, 2.05) is 13.8 Å². The highest BCUT2D eigenvalue weighted by Crippen LogP contribution is 2.28. The Kier molecular flexibility index (Phi) is 4.29. The quantitative estimate of drug-likeness (QED) is 0.796. The van der Waals surface area contributed by atoms with Crippen LogP contribution in [0.4, 0.5) is 36.8 Å². The molecule has 0 radical (unpaired) electrons. The van der Waals surface area contributed by atoms with Crippen molar-refractivity contribution in [3.05, 3.63) is 23.9 Å². The van der Waals surface area contributed by atoms with Crippen molar-refractivity contribution in [3.63, 3.8) is 0 Å². The first-order valence-corrected chi connectivity index (χ1v) is 6.33. The Hall–Kier alpha value is -2.65. The third kappa shape index (κ3) is 4.17. The Labute approximate surface area is 124 Å². The summed E-state index contributed by atoms with van der Waals surface area (Å²) in [6.45, 7) is 3.75. The molecule has 2 rings (SSSR count). The number of nitrogens with one attached hydrogen (secondary N) is 2. The Bertz CT molecular complexity index is 657. The van der Waals surface area contributed by atoms with Crippen molar-refractivity contribution >= 4 is 23.7 Å². The Morgan fingerprint density at radius 3 is 2.36 bits per heavy atom. The molecule has 7 nitrogen and oxygen atoms in total. The molecule has 4 N–H and O–H groups in total. The average Bonchev–Trinajstić information content (AvgIpc) is 2.36. The van der Waals surface area contributed by atoms with Crippen LogP contribution in [0.25, 0.3) is 0 Å². The van der Waals surface area contributed by atoms with Gasteiger partial charge in [0.05, 0.1) is 0 Å². The highest BCUT2D eigenvalue weighted by atomic mass is 19.4. The van der Waals surface area contributed by atoms with Gasteiger partial charge in [-0.2, -0.15) is 28.1 Å². The molecule has 0 unspecified atom stereocenters. The lowest BCUT2D eigenvalue weighted by molar-refractivity contribution is -0.141. The van der Waals surface area contributed by atoms with Crippen LogP contribution in [0.3, 0.4) is 0 Å². The summed E-state index contributed by atoms with van der Waals surface area (Å²) in [5, 5.41) is 5.50. The summed E-state index contributed by atoms with van der Waals surface area (Å²) in [4.78, 5) is 15.2. The molecule has 0 amide bonds. The molecule has 0 aliphatic heterocycles. The maximum atomic E-state index is 12.6. The monoisotopic (exact) mass is 313 g/mol. The zero-order valence-electron chi connectivity index (χ0n) is 11.8. The van der Waals surface area contributed by atoms with Crippen LogP contribution in [0, 0.1) is 0 Å². The number of nitrogen functional groups attached to an aromatic ring is 1. The molecule has 0 spiro atoms. The smallest absolute Gasteiger partial charge is 0.368 e. The summed E-state index contributed by atoms with van der Waals surface area (Å²) < 4.78 is 37.9. The number of nitrogens with zero attached hydrogens (tertiary/aromatic N) is 4. The van der Waals surface area contributed by atoms with Crippen LogP contribution >= 0.6 is 0 Å². The van der Waals surface area contributed by atoms with Gasteiger partial charge < -0.3 is 16.4 Å². The molecule has 0 saturated heterocycles. The van der Waals surface area contributed by atoms with Gasteiger partial charge in [0.15, 0.2) is 0 Å². The largest absolute Gasteiger partial charge is 0.433 e. The third-order valence-electron chi connectivity index (χ3n) is 2.35. The lowest BCUT2D eigenvalue weighted by Gasteiger charge is -2.11. The normalized spacial score (nSPS) is 11.5. The van der Waals surface area contributed by atoms with E-state index in [0.717, 1.165) is 6.07 Å². The Morgan fingerprint density at radius 1 is 1.05 bits per heavy atom. The lowest BCUT2D eigenvalue weighted by atomic mass is 10.3. The molecule has 0 bridgehead atoms. The summed E-state index contributed by atoms with van der Waals surface area (Å²) in [7, 11) is 0. The van der Waals surface area contributed by atoms with Crippen molar-refractivity contribution in [2.24, 2.45) is 0 Å². The van der Waals surface area contributed by atoms with E-state index in [0.29, 0.717) is 0 Å². The van der Waals surface area contributed by atoms with E-state index in [1.54, 1.807) is 0 Å². The third-order valence-corrected chi connectivity index (χ3v) is 2.35. The first-order valence-electron chi connectivity index (χ1n) is 6.33.